The van der Waals surface area contributed by atoms with Gasteiger partial charge >= 0.3 is 12.1 Å². The van der Waals surface area contributed by atoms with Gasteiger partial charge in [0.25, 0.3) is 5.92 Å². The highest BCUT2D eigenvalue weighted by Gasteiger charge is 2.49. The Morgan fingerprint density at radius 2 is 2.00 bits per heavy atom. The van der Waals surface area contributed by atoms with E-state index in [9.17, 15) is 18.4 Å². The second-order valence-electron chi connectivity index (χ2n) is 5.32. The van der Waals surface area contributed by atoms with Gasteiger partial charge < -0.3 is 19.9 Å². The zero-order valence-electron chi connectivity index (χ0n) is 10.9. The number of alkyl halides is 2. The van der Waals surface area contributed by atoms with E-state index in [1.54, 1.807) is 20.8 Å². The van der Waals surface area contributed by atoms with E-state index in [1.807, 2.05) is 5.32 Å². The van der Waals surface area contributed by atoms with Crippen molar-refractivity contribution in [2.75, 3.05) is 6.61 Å². The lowest BCUT2D eigenvalue weighted by molar-refractivity contribution is -0.179. The number of rotatable bonds is 2. The Kier molecular flexibility index (Phi) is 4.34. The number of hydrogen-bond acceptors (Lipinski definition) is 4. The van der Waals surface area contributed by atoms with Gasteiger partial charge in [0.05, 0.1) is 13.0 Å². The zero-order valence-corrected chi connectivity index (χ0v) is 10.9. The third-order valence-electron chi connectivity index (χ3n) is 2.40. The van der Waals surface area contributed by atoms with Crippen molar-refractivity contribution in [2.24, 2.45) is 0 Å². The molecule has 1 aliphatic heterocycles. The van der Waals surface area contributed by atoms with Gasteiger partial charge in [-0.25, -0.2) is 18.4 Å². The van der Waals surface area contributed by atoms with Gasteiger partial charge in [0.1, 0.15) is 11.6 Å². The van der Waals surface area contributed by atoms with Crippen LogP contribution in [-0.4, -0.2) is 47.4 Å². The number of carbonyl (C=O) groups excluding carboxylic acids is 1. The molecule has 19 heavy (non-hydrogen) atoms. The standard InChI is InChI=1S/C11H17F2NO5/c1-10(2,3)19-9(17)14-7-5-18-6(8(15)16)4-11(7,12)13/h6-7H,4-5H2,1-3H3,(H,14,17)(H,15,16). The molecular weight excluding hydrogens is 264 g/mol. The van der Waals surface area contributed by atoms with Crippen LogP contribution in [0, 0.1) is 0 Å². The monoisotopic (exact) mass is 281 g/mol. The molecular formula is C11H17F2NO5. The summed E-state index contributed by atoms with van der Waals surface area (Å²) in [5.74, 6) is -4.81. The number of aliphatic carboxylic acids is 1. The predicted octanol–water partition coefficient (Wildman–Crippen LogP) is 1.39. The fraction of sp³-hybridized carbons (Fsp3) is 0.818. The van der Waals surface area contributed by atoms with Crippen LogP contribution < -0.4 is 5.32 Å². The van der Waals surface area contributed by atoms with Crippen molar-refractivity contribution in [2.45, 2.75) is 50.9 Å². The minimum Gasteiger partial charge on any atom is -0.479 e. The first-order chi connectivity index (χ1) is 8.51. The molecule has 0 bridgehead atoms. The van der Waals surface area contributed by atoms with Crippen molar-refractivity contribution in [1.29, 1.82) is 0 Å². The molecule has 0 aromatic heterocycles. The second-order valence-corrected chi connectivity index (χ2v) is 5.32. The van der Waals surface area contributed by atoms with Crippen molar-refractivity contribution in [3.05, 3.63) is 0 Å². The predicted molar refractivity (Wildman–Crippen MR) is 60.1 cm³/mol. The van der Waals surface area contributed by atoms with Gasteiger partial charge in [-0.3, -0.25) is 0 Å². The number of halogens is 2. The highest BCUT2D eigenvalue weighted by atomic mass is 19.3. The van der Waals surface area contributed by atoms with Gasteiger partial charge in [-0.1, -0.05) is 0 Å². The number of nitrogens with one attached hydrogen (secondary N) is 1. The lowest BCUT2D eigenvalue weighted by atomic mass is 10.0. The summed E-state index contributed by atoms with van der Waals surface area (Å²) in [7, 11) is 0. The molecule has 1 heterocycles. The van der Waals surface area contributed by atoms with Crippen LogP contribution in [0.2, 0.25) is 0 Å². The topological polar surface area (TPSA) is 84.9 Å². The van der Waals surface area contributed by atoms with Gasteiger partial charge in [0.15, 0.2) is 6.10 Å². The summed E-state index contributed by atoms with van der Waals surface area (Å²) in [6, 6.07) is -1.60. The lowest BCUT2D eigenvalue weighted by Gasteiger charge is -2.35. The Morgan fingerprint density at radius 1 is 1.42 bits per heavy atom. The quantitative estimate of drug-likeness (QED) is 0.799. The zero-order chi connectivity index (χ0) is 14.8. The maximum absolute atomic E-state index is 13.7. The number of carboxylic acids is 1. The van der Waals surface area contributed by atoms with Crippen LogP contribution in [0.1, 0.15) is 27.2 Å². The third kappa shape index (κ3) is 4.62. The summed E-state index contributed by atoms with van der Waals surface area (Å²) in [6.07, 6.45) is -3.54. The van der Waals surface area contributed by atoms with E-state index >= 15 is 0 Å². The summed E-state index contributed by atoms with van der Waals surface area (Å²) in [4.78, 5) is 22.0. The minimum atomic E-state index is -3.36. The fourth-order valence-electron chi connectivity index (χ4n) is 1.54. The first-order valence-corrected chi connectivity index (χ1v) is 5.73. The Hall–Kier alpha value is -1.44. The molecule has 0 aliphatic carbocycles. The average molecular weight is 281 g/mol. The molecule has 2 atom stereocenters. The van der Waals surface area contributed by atoms with E-state index in [1.165, 1.54) is 0 Å². The van der Waals surface area contributed by atoms with Crippen LogP contribution in [-0.2, 0) is 14.3 Å². The van der Waals surface area contributed by atoms with E-state index in [-0.39, 0.29) is 0 Å². The molecule has 0 saturated carbocycles. The summed E-state index contributed by atoms with van der Waals surface area (Å²) < 4.78 is 36.9. The SMILES string of the molecule is CC(C)(C)OC(=O)NC1COC(C(=O)O)CC1(F)F. The molecule has 1 aliphatic rings. The minimum absolute atomic E-state index is 0.580. The number of amides is 1. The highest BCUT2D eigenvalue weighted by molar-refractivity contribution is 5.73. The fourth-order valence-corrected chi connectivity index (χ4v) is 1.54. The Balaban J connectivity index is 2.60. The molecule has 8 heteroatoms. The van der Waals surface area contributed by atoms with Crippen molar-refractivity contribution in [1.82, 2.24) is 5.32 Å². The van der Waals surface area contributed by atoms with Gasteiger partial charge in [0, 0.05) is 0 Å². The van der Waals surface area contributed by atoms with Gasteiger partial charge in [-0.15, -0.1) is 0 Å². The molecule has 1 fully saturated rings. The van der Waals surface area contributed by atoms with Crippen molar-refractivity contribution in [3.63, 3.8) is 0 Å². The largest absolute Gasteiger partial charge is 0.479 e. The average Bonchev–Trinajstić information content (AvgIpc) is 2.17. The first-order valence-electron chi connectivity index (χ1n) is 5.73. The normalized spacial score (nSPS) is 26.6. The molecule has 0 spiro atoms. The van der Waals surface area contributed by atoms with Crippen molar-refractivity contribution < 1.29 is 33.0 Å². The van der Waals surface area contributed by atoms with Gasteiger partial charge in [0.2, 0.25) is 0 Å². The van der Waals surface area contributed by atoms with E-state index < -0.39 is 48.8 Å². The molecule has 1 rings (SSSR count). The molecule has 110 valence electrons. The van der Waals surface area contributed by atoms with Crippen LogP contribution in [0.3, 0.4) is 0 Å². The molecule has 0 aromatic carbocycles. The maximum atomic E-state index is 13.7. The lowest BCUT2D eigenvalue weighted by Crippen LogP contribution is -2.57. The summed E-state index contributed by atoms with van der Waals surface area (Å²) in [6.45, 7) is 4.22. The van der Waals surface area contributed by atoms with Crippen LogP contribution in [0.4, 0.5) is 13.6 Å². The summed E-state index contributed by atoms with van der Waals surface area (Å²) >= 11 is 0. The maximum Gasteiger partial charge on any atom is 0.408 e. The molecule has 6 nitrogen and oxygen atoms in total. The smallest absolute Gasteiger partial charge is 0.408 e. The van der Waals surface area contributed by atoms with E-state index in [0.717, 1.165) is 0 Å². The molecule has 0 aromatic rings. The molecule has 1 saturated heterocycles. The van der Waals surface area contributed by atoms with Gasteiger partial charge in [-0.2, -0.15) is 0 Å². The van der Waals surface area contributed by atoms with Crippen LogP contribution in [0.25, 0.3) is 0 Å². The molecule has 2 unspecified atom stereocenters. The molecule has 1 amide bonds. The second kappa shape index (κ2) is 5.28. The number of ether oxygens (including phenoxy) is 2. The van der Waals surface area contributed by atoms with Crippen molar-refractivity contribution in [3.8, 4) is 0 Å². The first kappa shape index (κ1) is 15.6. The van der Waals surface area contributed by atoms with Gasteiger partial charge in [-0.05, 0) is 20.8 Å². The highest BCUT2D eigenvalue weighted by Crippen LogP contribution is 2.31. The van der Waals surface area contributed by atoms with Crippen LogP contribution in [0.5, 0.6) is 0 Å². The van der Waals surface area contributed by atoms with E-state index in [2.05, 4.69) is 0 Å². The third-order valence-corrected chi connectivity index (χ3v) is 2.40. The molecule has 2 N–H and O–H groups in total. The number of alkyl carbamates (subject to hydrolysis) is 1. The summed E-state index contributed by atoms with van der Waals surface area (Å²) in [5, 5.41) is 10.6. The molecule has 0 radical (unpaired) electrons. The summed E-state index contributed by atoms with van der Waals surface area (Å²) in [5.41, 5.74) is -0.807. The number of carboxylic acid groups (broad SMARTS) is 1. The van der Waals surface area contributed by atoms with E-state index in [0.29, 0.717) is 0 Å². The van der Waals surface area contributed by atoms with Crippen LogP contribution >= 0.6 is 0 Å². The number of carbonyl (C=O) groups is 2. The van der Waals surface area contributed by atoms with E-state index in [4.69, 9.17) is 14.6 Å². The van der Waals surface area contributed by atoms with Crippen molar-refractivity contribution >= 4 is 12.1 Å². The number of hydrogen-bond donors (Lipinski definition) is 2. The Labute approximate surface area is 109 Å². The Bertz CT molecular complexity index is 367. The van der Waals surface area contributed by atoms with Crippen LogP contribution in [0.15, 0.2) is 0 Å². The Morgan fingerprint density at radius 3 is 2.42 bits per heavy atom.